The number of nitrogens with zero attached hydrogens (tertiary/aromatic N) is 1. The minimum Gasteiger partial charge on any atom is -0.483 e. The Hall–Kier alpha value is -3.09. The predicted molar refractivity (Wildman–Crippen MR) is 102 cm³/mol. The van der Waals surface area contributed by atoms with Gasteiger partial charge in [-0.15, -0.1) is 0 Å². The third kappa shape index (κ3) is 5.20. The Morgan fingerprint density at radius 3 is 2.52 bits per heavy atom. The number of ether oxygens (including phenoxy) is 1. The fraction of sp³-hybridized carbons (Fsp3) is 0.350. The highest BCUT2D eigenvalue weighted by Crippen LogP contribution is 2.27. The summed E-state index contributed by atoms with van der Waals surface area (Å²) in [6.07, 6.45) is 2.15. The number of hydrogen-bond donors (Lipinski definition) is 2. The van der Waals surface area contributed by atoms with Gasteiger partial charge in [-0.25, -0.2) is 0 Å². The summed E-state index contributed by atoms with van der Waals surface area (Å²) in [5.41, 5.74) is 1.57. The Balaban J connectivity index is 2.15. The van der Waals surface area contributed by atoms with Crippen molar-refractivity contribution < 1.29 is 19.1 Å². The van der Waals surface area contributed by atoms with Crippen molar-refractivity contribution in [3.05, 3.63) is 53.3 Å². The lowest BCUT2D eigenvalue weighted by Gasteiger charge is -2.21. The van der Waals surface area contributed by atoms with Crippen LogP contribution in [0.3, 0.4) is 0 Å². The summed E-state index contributed by atoms with van der Waals surface area (Å²) in [5, 5.41) is 2.95. The van der Waals surface area contributed by atoms with E-state index >= 15 is 0 Å². The maximum Gasteiger partial charge on any atom is 0.268 e. The molecule has 1 aromatic heterocycles. The van der Waals surface area contributed by atoms with Crippen LogP contribution in [0.1, 0.15) is 52.7 Å². The Morgan fingerprint density at radius 1 is 1.22 bits per heavy atom. The van der Waals surface area contributed by atoms with E-state index in [1.54, 1.807) is 20.2 Å². The average Bonchev–Trinajstić information content (AvgIpc) is 3.15. The summed E-state index contributed by atoms with van der Waals surface area (Å²) in [6, 6.07) is 8.54. The summed E-state index contributed by atoms with van der Waals surface area (Å²) in [5.74, 6) is -0.0176. The number of rotatable bonds is 8. The summed E-state index contributed by atoms with van der Waals surface area (Å²) < 4.78 is 5.67. The van der Waals surface area contributed by atoms with E-state index < -0.39 is 0 Å². The highest BCUT2D eigenvalue weighted by molar-refractivity contribution is 5.99. The Kier molecular flexibility index (Phi) is 6.76. The monoisotopic (exact) mass is 371 g/mol. The predicted octanol–water partition coefficient (Wildman–Crippen LogP) is 2.57. The second kappa shape index (κ2) is 9.02. The van der Waals surface area contributed by atoms with Crippen LogP contribution in [-0.4, -0.2) is 48.2 Å². The lowest BCUT2D eigenvalue weighted by Crippen LogP contribution is -2.30. The van der Waals surface area contributed by atoms with E-state index in [4.69, 9.17) is 4.74 Å². The molecular formula is C20H25N3O4. The zero-order chi connectivity index (χ0) is 20.0. The quantitative estimate of drug-likeness (QED) is 0.698. The first-order valence-corrected chi connectivity index (χ1v) is 8.75. The molecule has 7 heteroatoms. The van der Waals surface area contributed by atoms with Gasteiger partial charge in [0.2, 0.25) is 0 Å². The number of benzene rings is 1. The van der Waals surface area contributed by atoms with E-state index in [9.17, 15) is 14.4 Å². The number of ketones is 1. The van der Waals surface area contributed by atoms with Gasteiger partial charge < -0.3 is 19.9 Å². The fourth-order valence-electron chi connectivity index (χ4n) is 2.53. The molecule has 0 spiro atoms. The van der Waals surface area contributed by atoms with Gasteiger partial charge >= 0.3 is 0 Å². The van der Waals surface area contributed by atoms with Crippen LogP contribution >= 0.6 is 0 Å². The lowest BCUT2D eigenvalue weighted by atomic mass is 10.0. The maximum atomic E-state index is 12.5. The van der Waals surface area contributed by atoms with Gasteiger partial charge in [-0.3, -0.25) is 14.4 Å². The van der Waals surface area contributed by atoms with Crippen LogP contribution in [0, 0.1) is 0 Å². The topological polar surface area (TPSA) is 91.5 Å². The highest BCUT2D eigenvalue weighted by Gasteiger charge is 2.19. The lowest BCUT2D eigenvalue weighted by molar-refractivity contribution is -0.130. The van der Waals surface area contributed by atoms with Gasteiger partial charge in [0.25, 0.3) is 11.8 Å². The first kappa shape index (κ1) is 20.2. The fourth-order valence-corrected chi connectivity index (χ4v) is 2.53. The number of Topliss-reactive ketones (excluding diaryl/α,β-unsaturated/α-hetero) is 1. The summed E-state index contributed by atoms with van der Waals surface area (Å²) >= 11 is 0. The number of carbonyl (C=O) groups is 3. The van der Waals surface area contributed by atoms with E-state index in [-0.39, 0.29) is 30.2 Å². The number of carbonyl (C=O) groups excluding carboxylic acids is 3. The molecule has 144 valence electrons. The number of aromatic amines is 1. The number of hydrogen-bond acceptors (Lipinski definition) is 4. The van der Waals surface area contributed by atoms with E-state index in [1.807, 2.05) is 25.1 Å². The van der Waals surface area contributed by atoms with Crippen LogP contribution in [0.15, 0.2) is 36.5 Å². The molecule has 0 bridgehead atoms. The molecule has 27 heavy (non-hydrogen) atoms. The molecular weight excluding hydrogens is 346 g/mol. The molecule has 0 radical (unpaired) electrons. The van der Waals surface area contributed by atoms with E-state index in [1.165, 1.54) is 24.1 Å². The molecule has 2 aromatic rings. The van der Waals surface area contributed by atoms with Gasteiger partial charge in [0.1, 0.15) is 11.4 Å². The molecule has 1 atom stereocenters. The number of amides is 2. The van der Waals surface area contributed by atoms with Crippen molar-refractivity contribution in [2.75, 3.05) is 20.7 Å². The van der Waals surface area contributed by atoms with Crippen molar-refractivity contribution in [1.82, 2.24) is 15.2 Å². The van der Waals surface area contributed by atoms with Crippen LogP contribution in [0.25, 0.3) is 0 Å². The molecule has 1 heterocycles. The molecule has 0 saturated carbocycles. The zero-order valence-corrected chi connectivity index (χ0v) is 16.0. The SMILES string of the molecule is CCC(NC(=O)c1cc(C(C)=O)c[nH]1)c1ccccc1OCC(=O)N(C)C. The molecule has 0 aliphatic heterocycles. The highest BCUT2D eigenvalue weighted by atomic mass is 16.5. The first-order valence-electron chi connectivity index (χ1n) is 8.75. The van der Waals surface area contributed by atoms with Crippen LogP contribution < -0.4 is 10.1 Å². The van der Waals surface area contributed by atoms with Gasteiger partial charge in [-0.1, -0.05) is 25.1 Å². The minimum atomic E-state index is -0.312. The number of H-pyrrole nitrogens is 1. The van der Waals surface area contributed by atoms with Crippen molar-refractivity contribution in [1.29, 1.82) is 0 Å². The number of aromatic nitrogens is 1. The summed E-state index contributed by atoms with van der Waals surface area (Å²) in [6.45, 7) is 3.32. The van der Waals surface area contributed by atoms with Crippen molar-refractivity contribution in [2.24, 2.45) is 0 Å². The third-order valence-corrected chi connectivity index (χ3v) is 4.19. The van der Waals surface area contributed by atoms with Gasteiger partial charge in [-0.2, -0.15) is 0 Å². The Morgan fingerprint density at radius 2 is 1.93 bits per heavy atom. The van der Waals surface area contributed by atoms with Crippen LogP contribution in [-0.2, 0) is 4.79 Å². The largest absolute Gasteiger partial charge is 0.483 e. The molecule has 2 amide bonds. The van der Waals surface area contributed by atoms with Gasteiger partial charge in [0.15, 0.2) is 12.4 Å². The van der Waals surface area contributed by atoms with Crippen molar-refractivity contribution in [3.63, 3.8) is 0 Å². The van der Waals surface area contributed by atoms with Gasteiger partial charge in [0, 0.05) is 31.4 Å². The smallest absolute Gasteiger partial charge is 0.268 e. The second-order valence-corrected chi connectivity index (χ2v) is 6.41. The molecule has 1 unspecified atom stereocenters. The molecule has 1 aromatic carbocycles. The summed E-state index contributed by atoms with van der Waals surface area (Å²) in [4.78, 5) is 40.0. The van der Waals surface area contributed by atoms with Crippen LogP contribution in [0.2, 0.25) is 0 Å². The number of nitrogens with one attached hydrogen (secondary N) is 2. The van der Waals surface area contributed by atoms with Crippen LogP contribution in [0.4, 0.5) is 0 Å². The molecule has 0 aliphatic carbocycles. The van der Waals surface area contributed by atoms with E-state index in [2.05, 4.69) is 10.3 Å². The first-order chi connectivity index (χ1) is 12.8. The Labute approximate surface area is 158 Å². The number of para-hydroxylation sites is 1. The van der Waals surface area contributed by atoms with Gasteiger partial charge in [-0.05, 0) is 25.5 Å². The van der Waals surface area contributed by atoms with Crippen molar-refractivity contribution >= 4 is 17.6 Å². The average molecular weight is 371 g/mol. The van der Waals surface area contributed by atoms with E-state index in [0.717, 1.165) is 5.56 Å². The molecule has 2 N–H and O–H groups in total. The normalized spacial score (nSPS) is 11.6. The molecule has 0 saturated heterocycles. The third-order valence-electron chi connectivity index (χ3n) is 4.19. The number of likely N-dealkylation sites (N-methyl/N-ethyl adjacent to an activating group) is 1. The zero-order valence-electron chi connectivity index (χ0n) is 16.0. The maximum absolute atomic E-state index is 12.5. The minimum absolute atomic E-state index is 0.0764. The molecule has 7 nitrogen and oxygen atoms in total. The van der Waals surface area contributed by atoms with Crippen molar-refractivity contribution in [3.8, 4) is 5.75 Å². The molecule has 0 aliphatic rings. The standard InChI is InChI=1S/C20H25N3O4/c1-5-16(22-20(26)17-10-14(11-21-17)13(2)24)15-8-6-7-9-18(15)27-12-19(25)23(3)4/h6-11,16,21H,5,12H2,1-4H3,(H,22,26). The van der Waals surface area contributed by atoms with E-state index in [0.29, 0.717) is 23.4 Å². The summed E-state index contributed by atoms with van der Waals surface area (Å²) in [7, 11) is 3.33. The molecule has 0 fully saturated rings. The Bertz CT molecular complexity index is 826. The second-order valence-electron chi connectivity index (χ2n) is 6.41. The van der Waals surface area contributed by atoms with Gasteiger partial charge in [0.05, 0.1) is 6.04 Å². The van der Waals surface area contributed by atoms with Crippen molar-refractivity contribution in [2.45, 2.75) is 26.3 Å². The molecule has 2 rings (SSSR count). The van der Waals surface area contributed by atoms with Crippen LogP contribution in [0.5, 0.6) is 5.75 Å².